The van der Waals surface area contributed by atoms with Gasteiger partial charge in [-0.2, -0.15) is 0 Å². The molecule has 280 valence electrons. The highest BCUT2D eigenvalue weighted by Crippen LogP contribution is 2.78. The van der Waals surface area contributed by atoms with Crippen LogP contribution in [0.2, 0.25) is 0 Å². The Morgan fingerprint density at radius 3 is 2.24 bits per heavy atom. The number of hydrogen-bond donors (Lipinski definition) is 1. The van der Waals surface area contributed by atoms with Gasteiger partial charge in [-0.1, -0.05) is 60.6 Å². The molecule has 5 aliphatic carbocycles. The third-order valence-corrected chi connectivity index (χ3v) is 16.6. The summed E-state index contributed by atoms with van der Waals surface area (Å²) in [5, 5.41) is 9.34. The SMILES string of the molecule is C=C(C)[C@@H]1CC[C@]2(CCCN(C)CCOC)CC[C@]3(C)[C@H](CC[C@@H]4[C@@]5(C)CC[C@H](OC(=O)CC(C)(C)CC(=O)O)C(C)(C)[C@@H]5CC[C@]43C)[C@@H]12. The van der Waals surface area contributed by atoms with Crippen LogP contribution in [-0.2, 0) is 19.1 Å². The average Bonchev–Trinajstić information content (AvgIpc) is 3.37. The highest BCUT2D eigenvalue weighted by molar-refractivity contribution is 5.73. The first kappa shape index (κ1) is 38.8. The van der Waals surface area contributed by atoms with Gasteiger partial charge in [0, 0.05) is 19.1 Å². The summed E-state index contributed by atoms with van der Waals surface area (Å²) in [6, 6.07) is 0. The fourth-order valence-electron chi connectivity index (χ4n) is 14.0. The molecule has 5 aliphatic rings. The molecule has 6 nitrogen and oxygen atoms in total. The van der Waals surface area contributed by atoms with Crippen molar-refractivity contribution >= 4 is 11.9 Å². The molecule has 0 spiro atoms. The quantitative estimate of drug-likeness (QED) is 0.154. The maximum atomic E-state index is 13.2. The molecule has 1 N–H and O–H groups in total. The van der Waals surface area contributed by atoms with E-state index in [1.54, 1.807) is 7.11 Å². The molecule has 49 heavy (non-hydrogen) atoms. The van der Waals surface area contributed by atoms with Crippen LogP contribution in [-0.4, -0.2) is 61.9 Å². The molecule has 5 saturated carbocycles. The minimum atomic E-state index is -0.867. The number of esters is 1. The molecule has 0 radical (unpaired) electrons. The predicted molar refractivity (Wildman–Crippen MR) is 198 cm³/mol. The second kappa shape index (κ2) is 13.9. The fraction of sp³-hybridized carbons (Fsp3) is 0.907. The Morgan fingerprint density at radius 2 is 1.59 bits per heavy atom. The second-order valence-electron chi connectivity index (χ2n) is 20.2. The molecular weight excluding hydrogens is 610 g/mol. The summed E-state index contributed by atoms with van der Waals surface area (Å²) in [6.07, 6.45) is 15.2. The smallest absolute Gasteiger partial charge is 0.306 e. The number of carboxylic acid groups (broad SMARTS) is 1. The first-order valence-electron chi connectivity index (χ1n) is 20.0. The van der Waals surface area contributed by atoms with Gasteiger partial charge in [-0.25, -0.2) is 0 Å². The van der Waals surface area contributed by atoms with E-state index >= 15 is 0 Å². The maximum Gasteiger partial charge on any atom is 0.306 e. The van der Waals surface area contributed by atoms with E-state index in [4.69, 9.17) is 9.47 Å². The van der Waals surface area contributed by atoms with Gasteiger partial charge in [0.15, 0.2) is 0 Å². The number of hydrogen-bond acceptors (Lipinski definition) is 5. The summed E-state index contributed by atoms with van der Waals surface area (Å²) >= 11 is 0. The lowest BCUT2D eigenvalue weighted by Crippen LogP contribution is -2.66. The van der Waals surface area contributed by atoms with Crippen molar-refractivity contribution in [3.05, 3.63) is 12.2 Å². The molecule has 10 atom stereocenters. The molecule has 0 aromatic rings. The number of likely N-dealkylation sites (N-methyl/N-ethyl adjacent to an activating group) is 1. The van der Waals surface area contributed by atoms with Crippen molar-refractivity contribution in [1.82, 2.24) is 4.90 Å². The molecule has 0 bridgehead atoms. The number of carbonyl (C=O) groups is 2. The van der Waals surface area contributed by atoms with Crippen LogP contribution in [0.1, 0.15) is 145 Å². The Balaban J connectivity index is 1.35. The van der Waals surface area contributed by atoms with E-state index in [1.807, 2.05) is 13.8 Å². The third kappa shape index (κ3) is 6.82. The summed E-state index contributed by atoms with van der Waals surface area (Å²) in [4.78, 5) is 27.1. The topological polar surface area (TPSA) is 76.1 Å². The normalized spacial score (nSPS) is 41.3. The molecule has 0 aliphatic heterocycles. The molecule has 5 rings (SSSR count). The Labute approximate surface area is 299 Å². The monoisotopic (exact) mass is 684 g/mol. The van der Waals surface area contributed by atoms with Crippen LogP contribution in [0.4, 0.5) is 0 Å². The van der Waals surface area contributed by atoms with E-state index in [0.29, 0.717) is 34.0 Å². The van der Waals surface area contributed by atoms with Crippen LogP contribution in [0.15, 0.2) is 12.2 Å². The lowest BCUT2D eigenvalue weighted by Gasteiger charge is -2.73. The zero-order valence-electron chi connectivity index (χ0n) is 33.2. The molecule has 0 aromatic heterocycles. The summed E-state index contributed by atoms with van der Waals surface area (Å²) in [5.74, 6) is 2.26. The minimum absolute atomic E-state index is 0.0296. The molecule has 0 aromatic carbocycles. The molecule has 0 heterocycles. The number of rotatable bonds is 13. The zero-order chi connectivity index (χ0) is 36.2. The first-order chi connectivity index (χ1) is 22.8. The Morgan fingerprint density at radius 1 is 0.878 bits per heavy atom. The Bertz CT molecular complexity index is 1240. The lowest BCUT2D eigenvalue weighted by atomic mass is 9.32. The molecular formula is C43H73NO5. The first-order valence-corrected chi connectivity index (χ1v) is 20.0. The fourth-order valence-corrected chi connectivity index (χ4v) is 14.0. The molecule has 5 fully saturated rings. The van der Waals surface area contributed by atoms with Crippen molar-refractivity contribution in [2.45, 2.75) is 151 Å². The third-order valence-electron chi connectivity index (χ3n) is 16.6. The largest absolute Gasteiger partial charge is 0.481 e. The summed E-state index contributed by atoms with van der Waals surface area (Å²) in [6.45, 7) is 26.4. The zero-order valence-corrected chi connectivity index (χ0v) is 33.2. The van der Waals surface area contributed by atoms with Crippen LogP contribution in [0.3, 0.4) is 0 Å². The maximum absolute atomic E-state index is 13.2. The summed E-state index contributed by atoms with van der Waals surface area (Å²) in [5.41, 5.74) is 2.01. The van der Waals surface area contributed by atoms with Gasteiger partial charge in [0.05, 0.1) is 19.4 Å². The number of aliphatic carboxylic acids is 1. The van der Waals surface area contributed by atoms with Crippen molar-refractivity contribution in [3.63, 3.8) is 0 Å². The summed E-state index contributed by atoms with van der Waals surface area (Å²) < 4.78 is 11.6. The van der Waals surface area contributed by atoms with Gasteiger partial charge in [-0.05, 0) is 154 Å². The van der Waals surface area contributed by atoms with Crippen LogP contribution in [0, 0.1) is 62.1 Å². The highest BCUT2D eigenvalue weighted by Gasteiger charge is 2.71. The van der Waals surface area contributed by atoms with Gasteiger partial charge < -0.3 is 19.5 Å². The van der Waals surface area contributed by atoms with Crippen molar-refractivity contribution < 1.29 is 24.2 Å². The van der Waals surface area contributed by atoms with Gasteiger partial charge in [0.1, 0.15) is 6.10 Å². The van der Waals surface area contributed by atoms with Gasteiger partial charge in [0.2, 0.25) is 0 Å². The van der Waals surface area contributed by atoms with E-state index in [2.05, 4.69) is 60.1 Å². The van der Waals surface area contributed by atoms with Gasteiger partial charge in [0.25, 0.3) is 0 Å². The Hall–Kier alpha value is -1.40. The number of fused-ring (bicyclic) bond motifs is 7. The van der Waals surface area contributed by atoms with Gasteiger partial charge >= 0.3 is 11.9 Å². The lowest BCUT2D eigenvalue weighted by molar-refractivity contribution is -0.250. The van der Waals surface area contributed by atoms with Crippen molar-refractivity contribution in [2.75, 3.05) is 33.9 Å². The molecule has 0 saturated heterocycles. The standard InChI is InChI=1S/C43H73NO5/c1-29(2)30-15-21-43(18-12-24-44(10)25-26-48-11)23-22-41(8)31(37(30)43)13-14-33-40(7)19-17-34(39(5,6)32(40)16-20-42(33,41)9)49-36(47)28-38(3,4)27-35(45)46/h30-34,37H,1,12-28H2,2-11H3,(H,45,46)/t30-,31+,32-,33+,34-,37+,40-,41+,42+,43+/m0/s1. The van der Waals surface area contributed by atoms with Gasteiger partial charge in [-0.3, -0.25) is 9.59 Å². The van der Waals surface area contributed by atoms with Crippen LogP contribution in [0.25, 0.3) is 0 Å². The number of carboxylic acids is 1. The van der Waals surface area contributed by atoms with Crippen LogP contribution >= 0.6 is 0 Å². The van der Waals surface area contributed by atoms with Crippen LogP contribution < -0.4 is 0 Å². The molecule has 6 heteroatoms. The van der Waals surface area contributed by atoms with Crippen molar-refractivity contribution in [1.29, 1.82) is 0 Å². The highest BCUT2D eigenvalue weighted by atomic mass is 16.5. The molecule has 0 unspecified atom stereocenters. The van der Waals surface area contributed by atoms with Crippen LogP contribution in [0.5, 0.6) is 0 Å². The second-order valence-corrected chi connectivity index (χ2v) is 20.2. The van der Waals surface area contributed by atoms with Crippen molar-refractivity contribution in [3.8, 4) is 0 Å². The molecule has 0 amide bonds. The number of nitrogens with zero attached hydrogens (tertiary/aromatic N) is 1. The number of methoxy groups -OCH3 is 1. The average molecular weight is 684 g/mol. The predicted octanol–water partition coefficient (Wildman–Crippen LogP) is 9.81. The van der Waals surface area contributed by atoms with E-state index in [0.717, 1.165) is 44.4 Å². The number of allylic oxidation sites excluding steroid dienone is 1. The van der Waals surface area contributed by atoms with E-state index < -0.39 is 11.4 Å². The number of carbonyl (C=O) groups excluding carboxylic acids is 1. The van der Waals surface area contributed by atoms with Crippen molar-refractivity contribution in [2.24, 2.45) is 62.1 Å². The Kier molecular flexibility index (Phi) is 11.0. The minimum Gasteiger partial charge on any atom is -0.481 e. The summed E-state index contributed by atoms with van der Waals surface area (Å²) in [7, 11) is 4.05. The van der Waals surface area contributed by atoms with Gasteiger partial charge in [-0.15, -0.1) is 0 Å². The van der Waals surface area contributed by atoms with E-state index in [-0.39, 0.29) is 35.7 Å². The van der Waals surface area contributed by atoms with E-state index in [9.17, 15) is 14.7 Å². The van der Waals surface area contributed by atoms with E-state index in [1.165, 1.54) is 69.8 Å². The number of ether oxygens (including phenoxy) is 2.